The third-order valence-electron chi connectivity index (χ3n) is 4.79. The van der Waals surface area contributed by atoms with Crippen LogP contribution in [0.1, 0.15) is 24.8 Å². The van der Waals surface area contributed by atoms with E-state index in [4.69, 9.17) is 4.74 Å². The second-order valence-corrected chi connectivity index (χ2v) is 6.86. The lowest BCUT2D eigenvalue weighted by atomic mass is 9.96. The number of ether oxygens (including phenoxy) is 1. The Morgan fingerprint density at radius 3 is 2.54 bits per heavy atom. The van der Waals surface area contributed by atoms with Crippen LogP contribution in [-0.4, -0.2) is 41.2 Å². The summed E-state index contributed by atoms with van der Waals surface area (Å²) in [4.78, 5) is 14.3. The molecule has 0 bridgehead atoms. The Kier molecular flexibility index (Phi) is 5.89. The van der Waals surface area contributed by atoms with Gasteiger partial charge in [-0.1, -0.05) is 30.3 Å². The van der Waals surface area contributed by atoms with Gasteiger partial charge in [-0.25, -0.2) is 4.39 Å². The van der Waals surface area contributed by atoms with Crippen LogP contribution in [0, 0.1) is 5.82 Å². The molecule has 0 spiro atoms. The fraction of sp³-hybridized carbons (Fsp3) is 0.381. The number of amides is 1. The summed E-state index contributed by atoms with van der Waals surface area (Å²) >= 11 is 0. The van der Waals surface area contributed by atoms with Crippen LogP contribution in [0.25, 0.3) is 0 Å². The number of rotatable bonds is 5. The Balaban J connectivity index is 1.53. The van der Waals surface area contributed by atoms with Crippen molar-refractivity contribution in [3.05, 3.63) is 66.0 Å². The first-order chi connectivity index (χ1) is 12.5. The van der Waals surface area contributed by atoms with E-state index >= 15 is 0 Å². The summed E-state index contributed by atoms with van der Waals surface area (Å²) in [5.41, 5.74) is -0.135. The Bertz CT molecular complexity index is 720. The zero-order chi connectivity index (χ0) is 18.4. The molecule has 0 aliphatic carbocycles. The molecule has 1 atom stereocenters. The van der Waals surface area contributed by atoms with Gasteiger partial charge in [-0.15, -0.1) is 0 Å². The van der Waals surface area contributed by atoms with Gasteiger partial charge in [0.05, 0.1) is 6.42 Å². The van der Waals surface area contributed by atoms with Crippen LogP contribution in [0.3, 0.4) is 0 Å². The van der Waals surface area contributed by atoms with Crippen molar-refractivity contribution in [3.63, 3.8) is 0 Å². The van der Waals surface area contributed by atoms with Crippen LogP contribution in [0.4, 0.5) is 4.39 Å². The molecular weight excluding hydrogens is 333 g/mol. The molecular formula is C21H24FNO3. The summed E-state index contributed by atoms with van der Waals surface area (Å²) in [5, 5.41) is 10.8. The van der Waals surface area contributed by atoms with Crippen molar-refractivity contribution in [2.24, 2.45) is 0 Å². The summed E-state index contributed by atoms with van der Waals surface area (Å²) in [6.45, 7) is 1.33. The maximum absolute atomic E-state index is 13.0. The monoisotopic (exact) mass is 357 g/mol. The lowest BCUT2D eigenvalue weighted by Gasteiger charge is -2.27. The van der Waals surface area contributed by atoms with Gasteiger partial charge in [0.2, 0.25) is 5.91 Å². The highest BCUT2D eigenvalue weighted by Crippen LogP contribution is 2.24. The van der Waals surface area contributed by atoms with Crippen molar-refractivity contribution in [3.8, 4) is 5.75 Å². The van der Waals surface area contributed by atoms with Gasteiger partial charge >= 0.3 is 0 Å². The molecule has 26 heavy (non-hydrogen) atoms. The minimum Gasteiger partial charge on any atom is -0.491 e. The lowest BCUT2D eigenvalue weighted by Crippen LogP contribution is -2.38. The molecule has 2 aromatic rings. The molecule has 1 saturated heterocycles. The molecule has 1 aliphatic rings. The average Bonchev–Trinajstić information content (AvgIpc) is 2.85. The molecule has 0 saturated carbocycles. The average molecular weight is 357 g/mol. The predicted molar refractivity (Wildman–Crippen MR) is 97.4 cm³/mol. The minimum absolute atomic E-state index is 0.00448. The zero-order valence-corrected chi connectivity index (χ0v) is 14.7. The Hall–Kier alpha value is -2.40. The van der Waals surface area contributed by atoms with Gasteiger partial charge < -0.3 is 14.7 Å². The summed E-state index contributed by atoms with van der Waals surface area (Å²) in [6, 6.07) is 15.4. The molecule has 1 amide bonds. The largest absolute Gasteiger partial charge is 0.491 e. The Morgan fingerprint density at radius 2 is 1.81 bits per heavy atom. The number of halogens is 1. The number of nitrogens with zero attached hydrogens (tertiary/aromatic N) is 1. The van der Waals surface area contributed by atoms with E-state index in [1.165, 1.54) is 12.1 Å². The van der Waals surface area contributed by atoms with Crippen molar-refractivity contribution in [2.45, 2.75) is 31.3 Å². The molecule has 0 radical (unpaired) electrons. The van der Waals surface area contributed by atoms with Crippen molar-refractivity contribution in [1.82, 2.24) is 4.90 Å². The smallest absolute Gasteiger partial charge is 0.226 e. The number of aliphatic hydroxyl groups is 1. The number of benzene rings is 2. The van der Waals surface area contributed by atoms with Crippen molar-refractivity contribution in [1.29, 1.82) is 0 Å². The molecule has 0 aromatic heterocycles. The van der Waals surface area contributed by atoms with Crippen LogP contribution < -0.4 is 4.74 Å². The van der Waals surface area contributed by atoms with Gasteiger partial charge in [-0.05, 0) is 49.1 Å². The summed E-state index contributed by atoms with van der Waals surface area (Å²) in [5.74, 6) is 0.429. The maximum Gasteiger partial charge on any atom is 0.226 e. The van der Waals surface area contributed by atoms with Gasteiger partial charge in [0, 0.05) is 13.1 Å². The van der Waals surface area contributed by atoms with Gasteiger partial charge in [-0.3, -0.25) is 4.79 Å². The summed E-state index contributed by atoms with van der Waals surface area (Å²) in [7, 11) is 0. The molecule has 2 aromatic carbocycles. The van der Waals surface area contributed by atoms with E-state index < -0.39 is 5.60 Å². The van der Waals surface area contributed by atoms with E-state index in [2.05, 4.69) is 0 Å². The summed E-state index contributed by atoms with van der Waals surface area (Å²) in [6.07, 6.45) is 2.05. The van der Waals surface area contributed by atoms with Gasteiger partial charge in [0.25, 0.3) is 0 Å². The quantitative estimate of drug-likeness (QED) is 0.894. The summed E-state index contributed by atoms with van der Waals surface area (Å²) < 4.78 is 18.7. The standard InChI is InChI=1S/C21H24FNO3/c22-18-9-7-17(8-10-18)15-20(24)23-13-4-11-21(25,12-14-23)16-26-19-5-2-1-3-6-19/h1-3,5-10,25H,4,11-16H2. The lowest BCUT2D eigenvalue weighted by molar-refractivity contribution is -0.130. The van der Waals surface area contributed by atoms with Crippen LogP contribution in [0.2, 0.25) is 0 Å². The van der Waals surface area contributed by atoms with Crippen LogP contribution >= 0.6 is 0 Å². The molecule has 1 unspecified atom stereocenters. The van der Waals surface area contributed by atoms with E-state index in [-0.39, 0.29) is 24.8 Å². The molecule has 3 rings (SSSR count). The van der Waals surface area contributed by atoms with Gasteiger partial charge in [-0.2, -0.15) is 0 Å². The van der Waals surface area contributed by atoms with Gasteiger partial charge in [0.1, 0.15) is 23.8 Å². The van der Waals surface area contributed by atoms with E-state index in [9.17, 15) is 14.3 Å². The number of likely N-dealkylation sites (tertiary alicyclic amines) is 1. The van der Waals surface area contributed by atoms with E-state index in [0.717, 1.165) is 17.7 Å². The zero-order valence-electron chi connectivity index (χ0n) is 14.7. The number of hydrogen-bond acceptors (Lipinski definition) is 3. The molecule has 1 aliphatic heterocycles. The maximum atomic E-state index is 13.0. The number of carbonyl (C=O) groups is 1. The topological polar surface area (TPSA) is 49.8 Å². The van der Waals surface area contributed by atoms with E-state index in [1.807, 2.05) is 30.3 Å². The first-order valence-electron chi connectivity index (χ1n) is 8.97. The first kappa shape index (κ1) is 18.4. The minimum atomic E-state index is -0.930. The Morgan fingerprint density at radius 1 is 1.08 bits per heavy atom. The first-order valence-corrected chi connectivity index (χ1v) is 8.97. The third-order valence-corrected chi connectivity index (χ3v) is 4.79. The number of hydrogen-bond donors (Lipinski definition) is 1. The Labute approximate surface area is 153 Å². The number of carbonyl (C=O) groups excluding carboxylic acids is 1. The highest BCUT2D eigenvalue weighted by Gasteiger charge is 2.32. The molecule has 1 fully saturated rings. The van der Waals surface area contributed by atoms with E-state index in [0.29, 0.717) is 25.9 Å². The van der Waals surface area contributed by atoms with Gasteiger partial charge in [0.15, 0.2) is 0 Å². The molecule has 4 nitrogen and oxygen atoms in total. The number of para-hydroxylation sites is 1. The third kappa shape index (κ3) is 5.05. The van der Waals surface area contributed by atoms with Crippen molar-refractivity contribution >= 4 is 5.91 Å². The predicted octanol–water partition coefficient (Wildman–Crippen LogP) is 3.19. The normalized spacial score (nSPS) is 20.5. The fourth-order valence-electron chi connectivity index (χ4n) is 3.20. The highest BCUT2D eigenvalue weighted by atomic mass is 19.1. The van der Waals surface area contributed by atoms with Crippen LogP contribution in [-0.2, 0) is 11.2 Å². The molecule has 5 heteroatoms. The van der Waals surface area contributed by atoms with Crippen LogP contribution in [0.5, 0.6) is 5.75 Å². The van der Waals surface area contributed by atoms with Crippen LogP contribution in [0.15, 0.2) is 54.6 Å². The molecule has 138 valence electrons. The second kappa shape index (κ2) is 8.32. The highest BCUT2D eigenvalue weighted by molar-refractivity contribution is 5.78. The fourth-order valence-corrected chi connectivity index (χ4v) is 3.20. The molecule has 1 heterocycles. The van der Waals surface area contributed by atoms with Crippen molar-refractivity contribution < 1.29 is 19.0 Å². The molecule has 1 N–H and O–H groups in total. The SMILES string of the molecule is O=C(Cc1ccc(F)cc1)N1CCCC(O)(COc2ccccc2)CC1. The van der Waals surface area contributed by atoms with E-state index in [1.54, 1.807) is 17.0 Å². The second-order valence-electron chi connectivity index (χ2n) is 6.86. The van der Waals surface area contributed by atoms with Crippen molar-refractivity contribution in [2.75, 3.05) is 19.7 Å².